The Hall–Kier alpha value is -2.12. The monoisotopic (exact) mass is 384 g/mol. The van der Waals surface area contributed by atoms with Gasteiger partial charge in [0, 0.05) is 24.0 Å². The van der Waals surface area contributed by atoms with Gasteiger partial charge in [0.1, 0.15) is 6.04 Å². The summed E-state index contributed by atoms with van der Waals surface area (Å²) in [5.41, 5.74) is 0.00128. The summed E-state index contributed by atoms with van der Waals surface area (Å²) >= 11 is 6.23. The van der Waals surface area contributed by atoms with E-state index in [4.69, 9.17) is 11.6 Å². The van der Waals surface area contributed by atoms with Crippen molar-refractivity contribution in [1.29, 1.82) is 0 Å². The number of hydrogen-bond donors (Lipinski definition) is 1. The highest BCUT2D eigenvalue weighted by molar-refractivity contribution is 6.31. The molecule has 2 atom stereocenters. The minimum Gasteiger partial charge on any atom is -0.480 e. The molecule has 1 aromatic carbocycles. The molecule has 1 aliphatic heterocycles. The van der Waals surface area contributed by atoms with Crippen LogP contribution in [0.1, 0.15) is 35.6 Å². The highest BCUT2D eigenvalue weighted by Gasteiger charge is 2.39. The first kappa shape index (κ1) is 18.7. The Labute approximate surface area is 153 Å². The van der Waals surface area contributed by atoms with Gasteiger partial charge in [-0.3, -0.25) is 14.7 Å². The summed E-state index contributed by atoms with van der Waals surface area (Å²) in [5.74, 6) is -1.00. The van der Waals surface area contributed by atoms with Gasteiger partial charge in [0.25, 0.3) is 0 Å². The first-order valence-electron chi connectivity index (χ1n) is 8.04. The van der Waals surface area contributed by atoms with E-state index >= 15 is 0 Å². The molecule has 0 saturated carbocycles. The maximum Gasteiger partial charge on any atom is 0.416 e. The Kier molecular flexibility index (Phi) is 5.20. The molecular formula is C18H16ClF3N2O2. The standard InChI is InChI=1S/C18H16ClF3N2O2/c19-14-6-5-12(18(20,21)22)9-13(14)16(11-3-1-7-23-10-11)24-8-2-4-15(24)17(25)26/h1,3,5-7,9-10,15-16H,2,4,8H2,(H,25,26). The van der Waals surface area contributed by atoms with E-state index in [0.717, 1.165) is 12.1 Å². The van der Waals surface area contributed by atoms with Crippen LogP contribution in [0.2, 0.25) is 5.02 Å². The van der Waals surface area contributed by atoms with Crippen LogP contribution in [0.4, 0.5) is 13.2 Å². The van der Waals surface area contributed by atoms with Crippen molar-refractivity contribution in [1.82, 2.24) is 9.88 Å². The fourth-order valence-electron chi connectivity index (χ4n) is 3.38. The van der Waals surface area contributed by atoms with E-state index in [0.29, 0.717) is 24.9 Å². The molecule has 1 fully saturated rings. The van der Waals surface area contributed by atoms with Gasteiger partial charge in [-0.15, -0.1) is 0 Å². The smallest absolute Gasteiger partial charge is 0.416 e. The number of aliphatic carboxylic acids is 1. The number of carbonyl (C=O) groups is 1. The lowest BCUT2D eigenvalue weighted by molar-refractivity contribution is -0.143. The fourth-order valence-corrected chi connectivity index (χ4v) is 3.60. The highest BCUT2D eigenvalue weighted by Crippen LogP contribution is 2.40. The number of likely N-dealkylation sites (tertiary alicyclic amines) is 1. The first-order chi connectivity index (χ1) is 12.3. The average molecular weight is 385 g/mol. The van der Waals surface area contributed by atoms with E-state index in [2.05, 4.69) is 4.98 Å². The number of halogens is 4. The van der Waals surface area contributed by atoms with Crippen LogP contribution < -0.4 is 0 Å². The predicted octanol–water partition coefficient (Wildman–Crippen LogP) is 4.39. The van der Waals surface area contributed by atoms with Crippen molar-refractivity contribution < 1.29 is 23.1 Å². The Balaban J connectivity index is 2.15. The van der Waals surface area contributed by atoms with Gasteiger partial charge < -0.3 is 5.11 Å². The lowest BCUT2D eigenvalue weighted by Gasteiger charge is -2.32. The van der Waals surface area contributed by atoms with E-state index < -0.39 is 29.8 Å². The van der Waals surface area contributed by atoms with Gasteiger partial charge in [0.15, 0.2) is 0 Å². The minimum atomic E-state index is -4.52. The van der Waals surface area contributed by atoms with E-state index in [1.54, 1.807) is 23.2 Å². The van der Waals surface area contributed by atoms with Crippen LogP contribution in [-0.4, -0.2) is 33.5 Å². The molecule has 0 bridgehead atoms. The number of nitrogens with zero attached hydrogens (tertiary/aromatic N) is 2. The van der Waals surface area contributed by atoms with Crippen LogP contribution in [-0.2, 0) is 11.0 Å². The molecule has 1 N–H and O–H groups in total. The molecular weight excluding hydrogens is 369 g/mol. The van der Waals surface area contributed by atoms with Crippen molar-refractivity contribution in [3.05, 3.63) is 64.4 Å². The SMILES string of the molecule is O=C(O)C1CCCN1C(c1cccnc1)c1cc(C(F)(F)F)ccc1Cl. The third-order valence-electron chi connectivity index (χ3n) is 4.53. The molecule has 1 saturated heterocycles. The molecule has 0 spiro atoms. The van der Waals surface area contributed by atoms with Crippen molar-refractivity contribution >= 4 is 17.6 Å². The van der Waals surface area contributed by atoms with Crippen LogP contribution in [0.25, 0.3) is 0 Å². The summed E-state index contributed by atoms with van der Waals surface area (Å²) in [5, 5.41) is 9.66. The number of pyridine rings is 1. The van der Waals surface area contributed by atoms with Gasteiger partial charge in [-0.1, -0.05) is 17.7 Å². The molecule has 8 heteroatoms. The van der Waals surface area contributed by atoms with Gasteiger partial charge in [-0.2, -0.15) is 13.2 Å². The number of aromatic nitrogens is 1. The zero-order valence-corrected chi connectivity index (χ0v) is 14.3. The van der Waals surface area contributed by atoms with Gasteiger partial charge in [-0.05, 0) is 48.2 Å². The lowest BCUT2D eigenvalue weighted by Crippen LogP contribution is -2.39. The molecule has 26 heavy (non-hydrogen) atoms. The van der Waals surface area contributed by atoms with Crippen LogP contribution in [0.15, 0.2) is 42.7 Å². The number of benzene rings is 1. The van der Waals surface area contributed by atoms with Crippen molar-refractivity contribution in [2.45, 2.75) is 31.1 Å². The number of hydrogen-bond acceptors (Lipinski definition) is 3. The van der Waals surface area contributed by atoms with Crippen molar-refractivity contribution in [2.24, 2.45) is 0 Å². The second-order valence-corrected chi connectivity index (χ2v) is 6.56. The predicted molar refractivity (Wildman–Crippen MR) is 89.9 cm³/mol. The quantitative estimate of drug-likeness (QED) is 0.849. The first-order valence-corrected chi connectivity index (χ1v) is 8.42. The van der Waals surface area contributed by atoms with Gasteiger partial charge >= 0.3 is 12.1 Å². The topological polar surface area (TPSA) is 53.4 Å². The zero-order chi connectivity index (χ0) is 18.9. The fraction of sp³-hybridized carbons (Fsp3) is 0.333. The lowest BCUT2D eigenvalue weighted by atomic mass is 9.95. The molecule has 1 aromatic heterocycles. The van der Waals surface area contributed by atoms with Crippen LogP contribution >= 0.6 is 11.6 Å². The minimum absolute atomic E-state index is 0.155. The molecule has 0 radical (unpaired) electrons. The molecule has 4 nitrogen and oxygen atoms in total. The summed E-state index contributed by atoms with van der Waals surface area (Å²) in [7, 11) is 0. The van der Waals surface area contributed by atoms with Gasteiger partial charge in [0.2, 0.25) is 0 Å². The van der Waals surface area contributed by atoms with Gasteiger partial charge in [-0.25, -0.2) is 0 Å². The number of rotatable bonds is 4. The maximum absolute atomic E-state index is 13.2. The summed E-state index contributed by atoms with van der Waals surface area (Å²) in [6.45, 7) is 0.448. The second kappa shape index (κ2) is 7.25. The maximum atomic E-state index is 13.2. The summed E-state index contributed by atoms with van der Waals surface area (Å²) in [6, 6.07) is 4.99. The van der Waals surface area contributed by atoms with E-state index in [9.17, 15) is 23.1 Å². The Morgan fingerprint density at radius 3 is 2.73 bits per heavy atom. The molecule has 3 rings (SSSR count). The highest BCUT2D eigenvalue weighted by atomic mass is 35.5. The van der Waals surface area contributed by atoms with Gasteiger partial charge in [0.05, 0.1) is 11.6 Å². The molecule has 1 aliphatic rings. The van der Waals surface area contributed by atoms with Crippen molar-refractivity contribution in [2.75, 3.05) is 6.54 Å². The largest absolute Gasteiger partial charge is 0.480 e. The third kappa shape index (κ3) is 3.68. The third-order valence-corrected chi connectivity index (χ3v) is 4.87. The summed E-state index contributed by atoms with van der Waals surface area (Å²) < 4.78 is 39.6. The second-order valence-electron chi connectivity index (χ2n) is 6.16. The molecule has 138 valence electrons. The Bertz CT molecular complexity index is 799. The number of carboxylic acids is 1. The summed E-state index contributed by atoms with van der Waals surface area (Å²) in [6.07, 6.45) is -0.367. The van der Waals surface area contributed by atoms with Crippen LogP contribution in [0.3, 0.4) is 0 Å². The molecule has 0 amide bonds. The number of alkyl halides is 3. The number of carboxylic acid groups (broad SMARTS) is 1. The Morgan fingerprint density at radius 1 is 1.35 bits per heavy atom. The van der Waals surface area contributed by atoms with E-state index in [-0.39, 0.29) is 10.6 Å². The van der Waals surface area contributed by atoms with Crippen LogP contribution in [0.5, 0.6) is 0 Å². The van der Waals surface area contributed by atoms with Crippen molar-refractivity contribution in [3.8, 4) is 0 Å². The van der Waals surface area contributed by atoms with E-state index in [1.807, 2.05) is 0 Å². The molecule has 2 heterocycles. The molecule has 0 aliphatic carbocycles. The van der Waals surface area contributed by atoms with E-state index in [1.165, 1.54) is 12.3 Å². The van der Waals surface area contributed by atoms with Crippen LogP contribution in [0, 0.1) is 0 Å². The van der Waals surface area contributed by atoms with Crippen molar-refractivity contribution in [3.63, 3.8) is 0 Å². The molecule has 2 aromatic rings. The molecule has 2 unspecified atom stereocenters. The average Bonchev–Trinajstić information content (AvgIpc) is 3.06. The zero-order valence-electron chi connectivity index (χ0n) is 13.6. The Morgan fingerprint density at radius 2 is 2.12 bits per heavy atom. The summed E-state index contributed by atoms with van der Waals surface area (Å²) in [4.78, 5) is 17.3. The normalized spacial score (nSPS) is 19.5.